The average molecular weight is 491 g/mol. The van der Waals surface area contributed by atoms with Gasteiger partial charge in [0.25, 0.3) is 11.8 Å². The summed E-state index contributed by atoms with van der Waals surface area (Å²) in [7, 11) is 1.57. The van der Waals surface area contributed by atoms with Crippen LogP contribution < -0.4 is 15.4 Å². The lowest BCUT2D eigenvalue weighted by Crippen LogP contribution is -2.35. The Hall–Kier alpha value is -3.91. The van der Waals surface area contributed by atoms with E-state index in [2.05, 4.69) is 34.4 Å². The van der Waals surface area contributed by atoms with Gasteiger partial charge in [-0.1, -0.05) is 32.0 Å². The van der Waals surface area contributed by atoms with Crippen molar-refractivity contribution in [3.05, 3.63) is 70.8 Å². The first kappa shape index (κ1) is 25.2. The number of hydrogen-bond donors (Lipinski definition) is 3. The second-order valence-electron chi connectivity index (χ2n) is 8.60. The normalized spacial score (nSPS) is 13.7. The molecule has 0 unspecified atom stereocenters. The van der Waals surface area contributed by atoms with Crippen LogP contribution in [0, 0.1) is 12.7 Å². The molecular weight excluding hydrogens is 459 g/mol. The number of methoxy groups -OCH3 is 1. The molecular formula is C28H31FN4O3. The maximum absolute atomic E-state index is 14.0. The molecule has 0 saturated heterocycles. The zero-order chi connectivity index (χ0) is 25.8. The van der Waals surface area contributed by atoms with Gasteiger partial charge in [-0.25, -0.2) is 4.39 Å². The van der Waals surface area contributed by atoms with E-state index in [1.807, 2.05) is 31.2 Å². The molecule has 7 nitrogen and oxygen atoms in total. The highest BCUT2D eigenvalue weighted by Crippen LogP contribution is 2.40. The van der Waals surface area contributed by atoms with Gasteiger partial charge in [0.2, 0.25) is 0 Å². The summed E-state index contributed by atoms with van der Waals surface area (Å²) in [6.07, 6.45) is 1.67. The largest absolute Gasteiger partial charge is 0.496 e. The lowest BCUT2D eigenvalue weighted by atomic mass is 9.96. The Labute approximate surface area is 210 Å². The molecule has 0 fully saturated rings. The summed E-state index contributed by atoms with van der Waals surface area (Å²) in [5.74, 6) is -0.393. The molecule has 1 aliphatic heterocycles. The summed E-state index contributed by atoms with van der Waals surface area (Å²) < 4.78 is 19.6. The van der Waals surface area contributed by atoms with E-state index in [4.69, 9.17) is 4.74 Å². The van der Waals surface area contributed by atoms with Crippen LogP contribution in [-0.4, -0.2) is 55.0 Å². The third-order valence-corrected chi connectivity index (χ3v) is 6.48. The van der Waals surface area contributed by atoms with Crippen LogP contribution in [0.3, 0.4) is 0 Å². The number of carbonyl (C=O) groups is 2. The number of para-hydroxylation sites is 1. The van der Waals surface area contributed by atoms with Crippen LogP contribution in [0.4, 0.5) is 10.1 Å². The molecule has 0 saturated carbocycles. The van der Waals surface area contributed by atoms with Crippen molar-refractivity contribution in [3.63, 3.8) is 0 Å². The standard InChI is InChI=1S/C28H31FN4O3/c1-5-33(6-2)14-13-30-28(35)25-17(3)31-23(26(25)19-9-7-8-10-24(19)36-4)16-21-20-15-18(29)11-12-22(20)32-27(21)34/h7-12,15-16,31H,5-6,13-14H2,1-4H3,(H,30,35)(H,32,34)/b21-16-. The summed E-state index contributed by atoms with van der Waals surface area (Å²) in [6.45, 7) is 9.05. The number of nitrogens with zero attached hydrogens (tertiary/aromatic N) is 1. The molecule has 2 heterocycles. The fourth-order valence-electron chi connectivity index (χ4n) is 4.58. The van der Waals surface area contributed by atoms with Gasteiger partial charge in [-0.2, -0.15) is 0 Å². The van der Waals surface area contributed by atoms with Crippen molar-refractivity contribution in [2.75, 3.05) is 38.6 Å². The average Bonchev–Trinajstić information content (AvgIpc) is 3.37. The van der Waals surface area contributed by atoms with E-state index >= 15 is 0 Å². The minimum atomic E-state index is -0.433. The number of halogens is 1. The van der Waals surface area contributed by atoms with Crippen LogP contribution in [0.1, 0.15) is 41.2 Å². The van der Waals surface area contributed by atoms with Gasteiger partial charge >= 0.3 is 0 Å². The Morgan fingerprint density at radius 2 is 1.89 bits per heavy atom. The highest BCUT2D eigenvalue weighted by Gasteiger charge is 2.28. The molecule has 3 N–H and O–H groups in total. The number of benzene rings is 2. The van der Waals surface area contributed by atoms with Crippen molar-refractivity contribution in [3.8, 4) is 16.9 Å². The Morgan fingerprint density at radius 3 is 2.61 bits per heavy atom. The summed E-state index contributed by atoms with van der Waals surface area (Å²) in [6, 6.07) is 11.6. The molecule has 0 radical (unpaired) electrons. The lowest BCUT2D eigenvalue weighted by Gasteiger charge is -2.18. The van der Waals surface area contributed by atoms with Gasteiger partial charge in [0.15, 0.2) is 0 Å². The molecule has 2 amide bonds. The number of ether oxygens (including phenoxy) is 1. The number of carbonyl (C=O) groups excluding carboxylic acids is 2. The number of likely N-dealkylation sites (N-methyl/N-ethyl adjacent to an activating group) is 1. The quantitative estimate of drug-likeness (QED) is 0.380. The SMILES string of the molecule is CCN(CC)CCNC(=O)c1c(C)[nH]c(/C=C2\C(=O)Nc3ccc(F)cc32)c1-c1ccccc1OC. The van der Waals surface area contributed by atoms with E-state index < -0.39 is 5.82 Å². The molecule has 36 heavy (non-hydrogen) atoms. The maximum Gasteiger partial charge on any atom is 0.256 e. The van der Waals surface area contributed by atoms with Gasteiger partial charge < -0.3 is 25.3 Å². The summed E-state index contributed by atoms with van der Waals surface area (Å²) in [5, 5.41) is 5.81. The Balaban J connectivity index is 1.81. The van der Waals surface area contributed by atoms with E-state index in [1.54, 1.807) is 19.3 Å². The van der Waals surface area contributed by atoms with Gasteiger partial charge in [0.1, 0.15) is 11.6 Å². The highest BCUT2D eigenvalue weighted by atomic mass is 19.1. The summed E-state index contributed by atoms with van der Waals surface area (Å²) in [5.41, 5.74) is 4.36. The third-order valence-electron chi connectivity index (χ3n) is 6.48. The topological polar surface area (TPSA) is 86.5 Å². The molecule has 0 spiro atoms. The molecule has 2 aromatic carbocycles. The minimum Gasteiger partial charge on any atom is -0.496 e. The second-order valence-corrected chi connectivity index (χ2v) is 8.60. The maximum atomic E-state index is 14.0. The number of nitrogens with one attached hydrogen (secondary N) is 3. The second kappa shape index (κ2) is 10.8. The zero-order valence-corrected chi connectivity index (χ0v) is 21.0. The van der Waals surface area contributed by atoms with Crippen LogP contribution in [0.5, 0.6) is 5.75 Å². The summed E-state index contributed by atoms with van der Waals surface area (Å²) >= 11 is 0. The number of hydrogen-bond acceptors (Lipinski definition) is 4. The number of amides is 2. The first-order chi connectivity index (χ1) is 17.4. The first-order valence-corrected chi connectivity index (χ1v) is 12.1. The molecule has 0 aliphatic carbocycles. The van der Waals surface area contributed by atoms with E-state index in [9.17, 15) is 14.0 Å². The smallest absolute Gasteiger partial charge is 0.256 e. The summed E-state index contributed by atoms with van der Waals surface area (Å²) in [4.78, 5) is 31.7. The van der Waals surface area contributed by atoms with E-state index in [-0.39, 0.29) is 11.8 Å². The fraction of sp³-hybridized carbons (Fsp3) is 0.286. The third kappa shape index (κ3) is 4.90. The Morgan fingerprint density at radius 1 is 1.14 bits per heavy atom. The predicted octanol–water partition coefficient (Wildman–Crippen LogP) is 4.70. The highest BCUT2D eigenvalue weighted by molar-refractivity contribution is 6.35. The zero-order valence-electron chi connectivity index (χ0n) is 21.0. The number of aryl methyl sites for hydroxylation is 1. The lowest BCUT2D eigenvalue weighted by molar-refractivity contribution is -0.110. The van der Waals surface area contributed by atoms with Gasteiger partial charge in [-0.05, 0) is 50.4 Å². The van der Waals surface area contributed by atoms with E-state index in [0.717, 1.165) is 19.6 Å². The van der Waals surface area contributed by atoms with Gasteiger partial charge in [0, 0.05) is 46.9 Å². The van der Waals surface area contributed by atoms with Gasteiger partial charge in [-0.15, -0.1) is 0 Å². The minimum absolute atomic E-state index is 0.219. The molecule has 1 aliphatic rings. The molecule has 188 valence electrons. The van der Waals surface area contributed by atoms with Crippen molar-refractivity contribution < 1.29 is 18.7 Å². The molecule has 8 heteroatoms. The van der Waals surface area contributed by atoms with Crippen molar-refractivity contribution in [1.82, 2.24) is 15.2 Å². The van der Waals surface area contributed by atoms with E-state index in [0.29, 0.717) is 57.2 Å². The number of anilines is 1. The van der Waals surface area contributed by atoms with Crippen LogP contribution in [0.15, 0.2) is 42.5 Å². The molecule has 4 rings (SSSR count). The van der Waals surface area contributed by atoms with Crippen molar-refractivity contribution >= 4 is 29.2 Å². The Kier molecular flexibility index (Phi) is 7.55. The number of H-pyrrole nitrogens is 1. The van der Waals surface area contributed by atoms with E-state index in [1.165, 1.54) is 12.1 Å². The number of fused-ring (bicyclic) bond motifs is 1. The predicted molar refractivity (Wildman–Crippen MR) is 141 cm³/mol. The van der Waals surface area contributed by atoms with Crippen molar-refractivity contribution in [2.24, 2.45) is 0 Å². The van der Waals surface area contributed by atoms with Crippen LogP contribution in [0.2, 0.25) is 0 Å². The van der Waals surface area contributed by atoms with Crippen LogP contribution >= 0.6 is 0 Å². The molecule has 1 aromatic heterocycles. The van der Waals surface area contributed by atoms with Crippen molar-refractivity contribution in [1.29, 1.82) is 0 Å². The van der Waals surface area contributed by atoms with Gasteiger partial charge in [0.05, 0.1) is 18.2 Å². The molecule has 3 aromatic rings. The fourth-order valence-corrected chi connectivity index (χ4v) is 4.58. The number of aromatic nitrogens is 1. The number of aromatic amines is 1. The van der Waals surface area contributed by atoms with Crippen LogP contribution in [0.25, 0.3) is 22.8 Å². The Bertz CT molecular complexity index is 1320. The first-order valence-electron chi connectivity index (χ1n) is 12.1. The van der Waals surface area contributed by atoms with Crippen molar-refractivity contribution in [2.45, 2.75) is 20.8 Å². The number of rotatable bonds is 9. The van der Waals surface area contributed by atoms with Gasteiger partial charge in [-0.3, -0.25) is 9.59 Å². The molecule has 0 bridgehead atoms. The monoisotopic (exact) mass is 490 g/mol. The van der Waals surface area contributed by atoms with Crippen LogP contribution in [-0.2, 0) is 4.79 Å². The molecule has 0 atom stereocenters.